The number of pyridine rings is 1. The predicted molar refractivity (Wildman–Crippen MR) is 74.4 cm³/mol. The first-order chi connectivity index (χ1) is 8.65. The lowest BCUT2D eigenvalue weighted by molar-refractivity contribution is 0.684. The van der Waals surface area contributed by atoms with E-state index in [1.54, 1.807) is 18.3 Å². The van der Waals surface area contributed by atoms with Gasteiger partial charge in [-0.15, -0.1) is 0 Å². The summed E-state index contributed by atoms with van der Waals surface area (Å²) >= 11 is 5.67. The van der Waals surface area contributed by atoms with Gasteiger partial charge in [-0.2, -0.15) is 4.40 Å². The van der Waals surface area contributed by atoms with Crippen molar-refractivity contribution in [2.45, 2.75) is 11.8 Å². The molecule has 0 fully saturated rings. The fourth-order valence-corrected chi connectivity index (χ4v) is 2.11. The van der Waals surface area contributed by atoms with Crippen LogP contribution in [0.1, 0.15) is 11.1 Å². The highest BCUT2D eigenvalue weighted by Gasteiger charge is 2.00. The van der Waals surface area contributed by atoms with Gasteiger partial charge in [-0.3, -0.25) is 0 Å². The van der Waals surface area contributed by atoms with Gasteiger partial charge >= 0.3 is 0 Å². The molecule has 0 aliphatic heterocycles. The van der Waals surface area contributed by atoms with E-state index in [4.69, 9.17) is 11.6 Å². The summed E-state index contributed by atoms with van der Waals surface area (Å²) in [7, 11) is -1.39. The molecule has 2 rings (SSSR count). The van der Waals surface area contributed by atoms with Crippen LogP contribution in [0.3, 0.4) is 0 Å². The highest BCUT2D eigenvalue weighted by Crippen LogP contribution is 2.09. The van der Waals surface area contributed by atoms with Crippen LogP contribution < -0.4 is 0 Å². The molecule has 0 N–H and O–H groups in total. The molecule has 18 heavy (non-hydrogen) atoms. The zero-order chi connectivity index (χ0) is 13.0. The van der Waals surface area contributed by atoms with Crippen molar-refractivity contribution >= 4 is 28.8 Å². The Balaban J connectivity index is 2.11. The van der Waals surface area contributed by atoms with Crippen LogP contribution in [0.5, 0.6) is 0 Å². The van der Waals surface area contributed by atoms with E-state index >= 15 is 0 Å². The van der Waals surface area contributed by atoms with E-state index in [0.29, 0.717) is 10.0 Å². The molecule has 0 amide bonds. The van der Waals surface area contributed by atoms with Crippen LogP contribution in [0.2, 0.25) is 5.15 Å². The Kier molecular flexibility index (Phi) is 4.23. The van der Waals surface area contributed by atoms with Gasteiger partial charge in [0, 0.05) is 18.0 Å². The van der Waals surface area contributed by atoms with E-state index in [1.807, 2.05) is 31.2 Å². The molecular formula is C13H11ClN2OS. The van der Waals surface area contributed by atoms with Gasteiger partial charge < -0.3 is 0 Å². The summed E-state index contributed by atoms with van der Waals surface area (Å²) in [6.45, 7) is 1.98. The summed E-state index contributed by atoms with van der Waals surface area (Å²) in [6.07, 6.45) is 3.11. The molecule has 1 aromatic heterocycles. The SMILES string of the molecule is Cc1ccc(S(=O)N=Cc2ccc(Cl)nc2)cc1. The Labute approximate surface area is 113 Å². The van der Waals surface area contributed by atoms with Crippen molar-refractivity contribution < 1.29 is 4.21 Å². The van der Waals surface area contributed by atoms with Gasteiger partial charge in [-0.1, -0.05) is 29.3 Å². The van der Waals surface area contributed by atoms with E-state index in [-0.39, 0.29) is 0 Å². The molecule has 0 saturated carbocycles. The molecule has 0 aliphatic rings. The minimum Gasteiger partial charge on any atom is -0.244 e. The summed E-state index contributed by atoms with van der Waals surface area (Å²) in [5, 5.41) is 0.423. The van der Waals surface area contributed by atoms with Gasteiger partial charge in [0.05, 0.1) is 4.90 Å². The molecule has 1 heterocycles. The lowest BCUT2D eigenvalue weighted by Crippen LogP contribution is -1.90. The van der Waals surface area contributed by atoms with Crippen molar-refractivity contribution in [2.24, 2.45) is 4.40 Å². The van der Waals surface area contributed by atoms with Crippen LogP contribution in [-0.4, -0.2) is 15.4 Å². The summed E-state index contributed by atoms with van der Waals surface area (Å²) in [6, 6.07) is 10.9. The second-order valence-electron chi connectivity index (χ2n) is 3.71. The molecule has 1 atom stereocenters. The first-order valence-electron chi connectivity index (χ1n) is 5.29. The van der Waals surface area contributed by atoms with Crippen LogP contribution >= 0.6 is 11.6 Å². The monoisotopic (exact) mass is 278 g/mol. The lowest BCUT2D eigenvalue weighted by Gasteiger charge is -1.97. The minimum absolute atomic E-state index is 0.423. The Bertz CT molecular complexity index is 579. The molecular weight excluding hydrogens is 268 g/mol. The molecule has 5 heteroatoms. The highest BCUT2D eigenvalue weighted by molar-refractivity contribution is 7.83. The minimum atomic E-state index is -1.39. The number of hydrogen-bond donors (Lipinski definition) is 0. The van der Waals surface area contributed by atoms with Crippen molar-refractivity contribution in [3.8, 4) is 0 Å². The molecule has 0 bridgehead atoms. The molecule has 3 nitrogen and oxygen atoms in total. The number of nitrogens with zero attached hydrogens (tertiary/aromatic N) is 2. The van der Waals surface area contributed by atoms with E-state index in [0.717, 1.165) is 11.1 Å². The summed E-state index contributed by atoms with van der Waals surface area (Å²) in [5.74, 6) is 0. The number of rotatable bonds is 3. The van der Waals surface area contributed by atoms with Gasteiger partial charge in [0.15, 0.2) is 11.0 Å². The lowest BCUT2D eigenvalue weighted by atomic mass is 10.2. The third kappa shape index (κ3) is 3.48. The van der Waals surface area contributed by atoms with Crippen LogP contribution in [0.4, 0.5) is 0 Å². The first-order valence-corrected chi connectivity index (χ1v) is 6.78. The molecule has 1 unspecified atom stereocenters. The number of benzene rings is 1. The molecule has 0 spiro atoms. The fourth-order valence-electron chi connectivity index (χ4n) is 1.29. The van der Waals surface area contributed by atoms with Gasteiger partial charge in [-0.25, -0.2) is 9.19 Å². The molecule has 0 aliphatic carbocycles. The van der Waals surface area contributed by atoms with Crippen molar-refractivity contribution in [1.82, 2.24) is 4.98 Å². The van der Waals surface area contributed by atoms with E-state index in [1.165, 1.54) is 6.21 Å². The maximum atomic E-state index is 11.9. The standard InChI is InChI=1S/C13H11ClN2OS/c1-10-2-5-12(6-3-10)18(17)16-9-11-4-7-13(14)15-8-11/h2-9H,1H3. The second kappa shape index (κ2) is 5.89. The Hall–Kier alpha value is -1.52. The maximum absolute atomic E-state index is 11.9. The quantitative estimate of drug-likeness (QED) is 0.639. The second-order valence-corrected chi connectivity index (χ2v) is 5.28. The third-order valence-electron chi connectivity index (χ3n) is 2.27. The van der Waals surface area contributed by atoms with Crippen LogP contribution in [0.25, 0.3) is 0 Å². The van der Waals surface area contributed by atoms with Gasteiger partial charge in [0.25, 0.3) is 0 Å². The zero-order valence-electron chi connectivity index (χ0n) is 9.71. The molecule has 0 saturated heterocycles. The van der Waals surface area contributed by atoms with Crippen molar-refractivity contribution in [3.05, 3.63) is 58.9 Å². The fraction of sp³-hybridized carbons (Fsp3) is 0.0769. The van der Waals surface area contributed by atoms with E-state index in [9.17, 15) is 4.21 Å². The van der Waals surface area contributed by atoms with Gasteiger partial charge in [0.2, 0.25) is 0 Å². The Morgan fingerprint density at radius 2 is 1.94 bits per heavy atom. The largest absolute Gasteiger partial charge is 0.244 e. The molecule has 0 radical (unpaired) electrons. The normalized spacial score (nSPS) is 12.8. The zero-order valence-corrected chi connectivity index (χ0v) is 11.3. The van der Waals surface area contributed by atoms with Crippen LogP contribution in [-0.2, 0) is 11.0 Å². The number of aryl methyl sites for hydroxylation is 1. The van der Waals surface area contributed by atoms with Crippen LogP contribution in [0, 0.1) is 6.92 Å². The average molecular weight is 279 g/mol. The van der Waals surface area contributed by atoms with Crippen LogP contribution in [0.15, 0.2) is 51.9 Å². The molecule has 92 valence electrons. The third-order valence-corrected chi connectivity index (χ3v) is 3.47. The average Bonchev–Trinajstić information content (AvgIpc) is 2.38. The topological polar surface area (TPSA) is 42.3 Å². The smallest absolute Gasteiger partial charge is 0.172 e. The maximum Gasteiger partial charge on any atom is 0.172 e. The summed E-state index contributed by atoms with van der Waals surface area (Å²) in [4.78, 5) is 4.60. The van der Waals surface area contributed by atoms with Crippen molar-refractivity contribution in [2.75, 3.05) is 0 Å². The summed E-state index contributed by atoms with van der Waals surface area (Å²) < 4.78 is 15.9. The van der Waals surface area contributed by atoms with Gasteiger partial charge in [-0.05, 0) is 31.2 Å². The van der Waals surface area contributed by atoms with Crippen molar-refractivity contribution in [1.29, 1.82) is 0 Å². The summed E-state index contributed by atoms with van der Waals surface area (Å²) in [5.41, 5.74) is 1.89. The van der Waals surface area contributed by atoms with E-state index < -0.39 is 11.0 Å². The Morgan fingerprint density at radius 3 is 2.56 bits per heavy atom. The van der Waals surface area contributed by atoms with Gasteiger partial charge in [0.1, 0.15) is 5.15 Å². The number of halogens is 1. The van der Waals surface area contributed by atoms with E-state index in [2.05, 4.69) is 9.38 Å². The molecule has 2 aromatic rings. The predicted octanol–water partition coefficient (Wildman–Crippen LogP) is 3.19. The number of hydrogen-bond acceptors (Lipinski definition) is 2. The first kappa shape index (κ1) is 12.9. The Morgan fingerprint density at radius 1 is 1.22 bits per heavy atom. The molecule has 1 aromatic carbocycles. The number of aromatic nitrogens is 1. The van der Waals surface area contributed by atoms with Crippen molar-refractivity contribution in [3.63, 3.8) is 0 Å². The highest BCUT2D eigenvalue weighted by atomic mass is 35.5.